The number of para-hydroxylation sites is 1. The van der Waals surface area contributed by atoms with Gasteiger partial charge in [0.25, 0.3) is 0 Å². The minimum Gasteiger partial charge on any atom is -0.338 e. The van der Waals surface area contributed by atoms with Crippen LogP contribution in [0.3, 0.4) is 0 Å². The monoisotopic (exact) mass is 331 g/mol. The number of nitrogens with zero attached hydrogens (tertiary/aromatic N) is 2. The quantitative estimate of drug-likeness (QED) is 0.870. The summed E-state index contributed by atoms with van der Waals surface area (Å²) in [5.41, 5.74) is 0.394. The van der Waals surface area contributed by atoms with Crippen molar-refractivity contribution in [2.24, 2.45) is 0 Å². The van der Waals surface area contributed by atoms with Crippen LogP contribution in [0.4, 0.5) is 11.5 Å². The molecule has 5 nitrogen and oxygen atoms in total. The van der Waals surface area contributed by atoms with Gasteiger partial charge >= 0.3 is 0 Å². The number of nitrogens with one attached hydrogen (secondary N) is 1. The third kappa shape index (κ3) is 3.20. The minimum atomic E-state index is -3.35. The van der Waals surface area contributed by atoms with Crippen LogP contribution in [0.2, 0.25) is 10.3 Å². The number of benzene rings is 1. The molecule has 0 unspecified atom stereocenters. The Kier molecular flexibility index (Phi) is 4.47. The highest BCUT2D eigenvalue weighted by molar-refractivity contribution is 7.91. The molecule has 2 aromatic rings. The number of sulfone groups is 1. The molecule has 2 rings (SSSR count). The number of aromatic nitrogens is 2. The molecule has 0 aliphatic carbocycles. The third-order valence-corrected chi connectivity index (χ3v) is 4.81. The summed E-state index contributed by atoms with van der Waals surface area (Å²) < 4.78 is 24.1. The van der Waals surface area contributed by atoms with Crippen molar-refractivity contribution in [3.05, 3.63) is 40.8 Å². The smallest absolute Gasteiger partial charge is 0.224 e. The number of hydrogen-bond acceptors (Lipinski definition) is 5. The zero-order valence-electron chi connectivity index (χ0n) is 10.5. The summed E-state index contributed by atoms with van der Waals surface area (Å²) in [4.78, 5) is 7.85. The maximum absolute atomic E-state index is 12.0. The topological polar surface area (TPSA) is 72.0 Å². The van der Waals surface area contributed by atoms with Gasteiger partial charge in [0.15, 0.2) is 15.7 Å². The van der Waals surface area contributed by atoms with Crippen LogP contribution in [0.15, 0.2) is 35.4 Å². The van der Waals surface area contributed by atoms with Crippen molar-refractivity contribution in [3.63, 3.8) is 0 Å². The number of hydrogen-bond donors (Lipinski definition) is 1. The summed E-state index contributed by atoms with van der Waals surface area (Å²) in [6.07, 6.45) is 1.34. The molecular weight excluding hydrogens is 321 g/mol. The van der Waals surface area contributed by atoms with Gasteiger partial charge in [-0.05, 0) is 23.7 Å². The Balaban J connectivity index is 2.47. The molecule has 0 atom stereocenters. The van der Waals surface area contributed by atoms with Gasteiger partial charge in [-0.3, -0.25) is 0 Å². The molecule has 0 aliphatic rings. The highest BCUT2D eigenvalue weighted by Gasteiger charge is 2.17. The Labute approximate surface area is 126 Å². The third-order valence-electron chi connectivity index (χ3n) is 2.57. The van der Waals surface area contributed by atoms with E-state index in [4.69, 9.17) is 23.2 Å². The summed E-state index contributed by atoms with van der Waals surface area (Å²) in [6.45, 7) is 1.58. The van der Waals surface area contributed by atoms with Crippen LogP contribution in [-0.2, 0) is 9.84 Å². The van der Waals surface area contributed by atoms with E-state index < -0.39 is 9.84 Å². The zero-order chi connectivity index (χ0) is 14.8. The molecule has 0 spiro atoms. The van der Waals surface area contributed by atoms with Crippen molar-refractivity contribution in [1.29, 1.82) is 0 Å². The number of rotatable bonds is 4. The lowest BCUT2D eigenvalue weighted by Crippen LogP contribution is -2.07. The summed E-state index contributed by atoms with van der Waals surface area (Å²) in [5, 5.41) is 3.14. The summed E-state index contributed by atoms with van der Waals surface area (Å²) in [5.74, 6) is 0.259. The van der Waals surface area contributed by atoms with Crippen molar-refractivity contribution in [2.45, 2.75) is 11.8 Å². The standard InChI is InChI=1S/C12H11Cl2N3O2S/c1-2-20(18,19)10-6-4-3-5-9(10)16-11-8(13)7-15-12(14)17-11/h3-7H,2H2,1H3,(H,15,16,17). The van der Waals surface area contributed by atoms with Crippen LogP contribution in [0.1, 0.15) is 6.92 Å². The molecule has 0 fully saturated rings. The molecule has 0 bridgehead atoms. The van der Waals surface area contributed by atoms with Gasteiger partial charge in [0.2, 0.25) is 5.28 Å². The number of anilines is 2. The molecule has 106 valence electrons. The minimum absolute atomic E-state index is 0.00392. The van der Waals surface area contributed by atoms with E-state index in [-0.39, 0.29) is 26.8 Å². The fraction of sp³-hybridized carbons (Fsp3) is 0.167. The molecule has 0 radical (unpaired) electrons. The molecule has 0 saturated carbocycles. The van der Waals surface area contributed by atoms with Crippen molar-refractivity contribution in [1.82, 2.24) is 9.97 Å². The molecule has 0 saturated heterocycles. The maximum Gasteiger partial charge on any atom is 0.224 e. The lowest BCUT2D eigenvalue weighted by Gasteiger charge is -2.12. The second-order valence-electron chi connectivity index (χ2n) is 3.86. The van der Waals surface area contributed by atoms with Crippen LogP contribution in [0.5, 0.6) is 0 Å². The van der Waals surface area contributed by atoms with Gasteiger partial charge in [-0.25, -0.2) is 13.4 Å². The summed E-state index contributed by atoms with van der Waals surface area (Å²) in [7, 11) is -3.35. The van der Waals surface area contributed by atoms with Crippen LogP contribution in [-0.4, -0.2) is 24.1 Å². The average molecular weight is 332 g/mol. The second-order valence-corrected chi connectivity index (χ2v) is 6.85. The summed E-state index contributed by atoms with van der Waals surface area (Å²) in [6, 6.07) is 6.53. The molecule has 8 heteroatoms. The van der Waals surface area contributed by atoms with Gasteiger partial charge in [0.05, 0.1) is 22.5 Å². The predicted molar refractivity (Wildman–Crippen MR) is 79.5 cm³/mol. The molecule has 1 aromatic heterocycles. The first kappa shape index (κ1) is 15.0. The molecule has 0 aliphatic heterocycles. The van der Waals surface area contributed by atoms with E-state index in [1.54, 1.807) is 25.1 Å². The normalized spacial score (nSPS) is 11.3. The van der Waals surface area contributed by atoms with E-state index in [1.165, 1.54) is 12.3 Å². The van der Waals surface area contributed by atoms with Gasteiger partial charge in [-0.1, -0.05) is 30.7 Å². The van der Waals surface area contributed by atoms with Crippen molar-refractivity contribution in [3.8, 4) is 0 Å². The van der Waals surface area contributed by atoms with Crippen molar-refractivity contribution in [2.75, 3.05) is 11.1 Å². The Morgan fingerprint density at radius 3 is 2.65 bits per heavy atom. The highest BCUT2D eigenvalue weighted by atomic mass is 35.5. The van der Waals surface area contributed by atoms with Gasteiger partial charge < -0.3 is 5.32 Å². The molecular formula is C12H11Cl2N3O2S. The largest absolute Gasteiger partial charge is 0.338 e. The lowest BCUT2D eigenvalue weighted by atomic mass is 10.3. The van der Waals surface area contributed by atoms with Crippen molar-refractivity contribution >= 4 is 44.5 Å². The van der Waals surface area contributed by atoms with E-state index in [0.29, 0.717) is 5.69 Å². The second kappa shape index (κ2) is 5.95. The highest BCUT2D eigenvalue weighted by Crippen LogP contribution is 2.28. The van der Waals surface area contributed by atoms with E-state index in [0.717, 1.165) is 0 Å². The average Bonchev–Trinajstić information content (AvgIpc) is 2.43. The van der Waals surface area contributed by atoms with E-state index in [2.05, 4.69) is 15.3 Å². The fourth-order valence-electron chi connectivity index (χ4n) is 1.56. The van der Waals surface area contributed by atoms with Crippen molar-refractivity contribution < 1.29 is 8.42 Å². The molecule has 20 heavy (non-hydrogen) atoms. The fourth-order valence-corrected chi connectivity index (χ4v) is 2.88. The first-order chi connectivity index (χ1) is 9.44. The van der Waals surface area contributed by atoms with Crippen LogP contribution >= 0.6 is 23.2 Å². The molecule has 1 heterocycles. The zero-order valence-corrected chi connectivity index (χ0v) is 12.8. The maximum atomic E-state index is 12.0. The molecule has 1 N–H and O–H groups in total. The Hall–Kier alpha value is -1.37. The van der Waals surface area contributed by atoms with E-state index in [9.17, 15) is 8.42 Å². The SMILES string of the molecule is CCS(=O)(=O)c1ccccc1Nc1nc(Cl)ncc1Cl. The Morgan fingerprint density at radius 1 is 1.25 bits per heavy atom. The summed E-state index contributed by atoms with van der Waals surface area (Å²) >= 11 is 11.7. The van der Waals surface area contributed by atoms with Crippen LogP contribution < -0.4 is 5.32 Å². The van der Waals surface area contributed by atoms with Gasteiger partial charge in [-0.15, -0.1) is 0 Å². The molecule has 0 amide bonds. The van der Waals surface area contributed by atoms with E-state index in [1.807, 2.05) is 0 Å². The van der Waals surface area contributed by atoms with Crippen LogP contribution in [0.25, 0.3) is 0 Å². The molecule has 1 aromatic carbocycles. The van der Waals surface area contributed by atoms with Crippen LogP contribution in [0, 0.1) is 0 Å². The first-order valence-electron chi connectivity index (χ1n) is 5.71. The van der Waals surface area contributed by atoms with Gasteiger partial charge in [0, 0.05) is 0 Å². The van der Waals surface area contributed by atoms with Gasteiger partial charge in [-0.2, -0.15) is 4.98 Å². The van der Waals surface area contributed by atoms with E-state index >= 15 is 0 Å². The first-order valence-corrected chi connectivity index (χ1v) is 8.11. The predicted octanol–water partition coefficient (Wildman–Crippen LogP) is 3.32. The Bertz CT molecular complexity index is 735. The number of halogens is 2. The van der Waals surface area contributed by atoms with Gasteiger partial charge in [0.1, 0.15) is 5.02 Å². The Morgan fingerprint density at radius 2 is 1.95 bits per heavy atom. The lowest BCUT2D eigenvalue weighted by molar-refractivity contribution is 0.597.